The van der Waals surface area contributed by atoms with Gasteiger partial charge in [0.15, 0.2) is 11.5 Å². The van der Waals surface area contributed by atoms with Crippen LogP contribution in [0.1, 0.15) is 5.56 Å². The summed E-state index contributed by atoms with van der Waals surface area (Å²) >= 11 is 1.72. The molecule has 0 radical (unpaired) electrons. The van der Waals surface area contributed by atoms with E-state index in [1.165, 1.54) is 11.0 Å². The number of amides is 1. The van der Waals surface area contributed by atoms with E-state index in [0.29, 0.717) is 12.3 Å². The van der Waals surface area contributed by atoms with Gasteiger partial charge in [-0.1, -0.05) is 24.3 Å². The summed E-state index contributed by atoms with van der Waals surface area (Å²) in [6, 6.07) is 15.7. The Morgan fingerprint density at radius 3 is 2.83 bits per heavy atom. The molecule has 1 aliphatic heterocycles. The molecule has 0 fully saturated rings. The Bertz CT molecular complexity index is 701. The van der Waals surface area contributed by atoms with Crippen molar-refractivity contribution in [2.75, 3.05) is 19.1 Å². The minimum Gasteiger partial charge on any atom is -0.454 e. The molecule has 0 saturated heterocycles. The zero-order valence-corrected chi connectivity index (χ0v) is 13.3. The van der Waals surface area contributed by atoms with Crippen LogP contribution in [0.25, 0.3) is 6.08 Å². The number of benzene rings is 2. The number of rotatable bonds is 6. The monoisotopic (exact) mass is 327 g/mol. The summed E-state index contributed by atoms with van der Waals surface area (Å²) in [5, 5.41) is 2.87. The van der Waals surface area contributed by atoms with Crippen molar-refractivity contribution in [1.82, 2.24) is 5.32 Å². The molecule has 0 aromatic heterocycles. The topological polar surface area (TPSA) is 47.6 Å². The summed E-state index contributed by atoms with van der Waals surface area (Å²) in [4.78, 5) is 13.0. The van der Waals surface area contributed by atoms with E-state index in [4.69, 9.17) is 9.47 Å². The van der Waals surface area contributed by atoms with Gasteiger partial charge in [0, 0.05) is 23.3 Å². The minimum absolute atomic E-state index is 0.101. The molecule has 1 N–H and O–H groups in total. The van der Waals surface area contributed by atoms with E-state index in [0.717, 1.165) is 17.1 Å². The van der Waals surface area contributed by atoms with Crippen LogP contribution in [0.3, 0.4) is 0 Å². The lowest BCUT2D eigenvalue weighted by Crippen LogP contribution is -2.23. The minimum atomic E-state index is -0.101. The molecular weight excluding hydrogens is 310 g/mol. The second kappa shape index (κ2) is 7.74. The van der Waals surface area contributed by atoms with E-state index in [1.807, 2.05) is 36.4 Å². The number of hydrogen-bond acceptors (Lipinski definition) is 4. The fraction of sp³-hybridized carbons (Fsp3) is 0.167. The summed E-state index contributed by atoms with van der Waals surface area (Å²) in [6.45, 7) is 0.881. The zero-order valence-electron chi connectivity index (χ0n) is 12.5. The van der Waals surface area contributed by atoms with Gasteiger partial charge in [0.25, 0.3) is 0 Å². The molecule has 2 aromatic rings. The molecule has 0 saturated carbocycles. The highest BCUT2D eigenvalue weighted by Gasteiger charge is 2.12. The molecular formula is C18H17NO3S. The lowest BCUT2D eigenvalue weighted by atomic mass is 10.2. The fourth-order valence-corrected chi connectivity index (χ4v) is 2.90. The van der Waals surface area contributed by atoms with Crippen molar-refractivity contribution in [3.05, 3.63) is 60.2 Å². The summed E-state index contributed by atoms with van der Waals surface area (Å²) in [5.41, 5.74) is 0.906. The normalized spacial score (nSPS) is 12.5. The first kappa shape index (κ1) is 15.5. The van der Waals surface area contributed by atoms with E-state index in [9.17, 15) is 4.79 Å². The molecule has 0 unspecified atom stereocenters. The van der Waals surface area contributed by atoms with Crippen molar-refractivity contribution >= 4 is 23.7 Å². The first-order valence-corrected chi connectivity index (χ1v) is 8.33. The van der Waals surface area contributed by atoms with Crippen LogP contribution in [0.15, 0.2) is 59.5 Å². The Hall–Kier alpha value is -2.40. The highest BCUT2D eigenvalue weighted by Crippen LogP contribution is 2.32. The Labute approximate surface area is 139 Å². The molecule has 23 heavy (non-hydrogen) atoms. The maximum Gasteiger partial charge on any atom is 0.244 e. The summed E-state index contributed by atoms with van der Waals surface area (Å²) in [5.74, 6) is 2.20. The van der Waals surface area contributed by atoms with Crippen molar-refractivity contribution in [2.24, 2.45) is 0 Å². The largest absolute Gasteiger partial charge is 0.454 e. The number of thioether (sulfide) groups is 1. The molecule has 3 rings (SSSR count). The van der Waals surface area contributed by atoms with Crippen LogP contribution in [-0.2, 0) is 4.79 Å². The van der Waals surface area contributed by atoms with Gasteiger partial charge in [0.1, 0.15) is 0 Å². The first-order valence-electron chi connectivity index (χ1n) is 7.35. The van der Waals surface area contributed by atoms with Gasteiger partial charge < -0.3 is 14.8 Å². The van der Waals surface area contributed by atoms with Crippen molar-refractivity contribution in [1.29, 1.82) is 0 Å². The number of hydrogen-bond donors (Lipinski definition) is 1. The molecule has 1 amide bonds. The molecule has 4 nitrogen and oxygen atoms in total. The van der Waals surface area contributed by atoms with Gasteiger partial charge in [-0.25, -0.2) is 0 Å². The van der Waals surface area contributed by atoms with Gasteiger partial charge in [-0.15, -0.1) is 11.8 Å². The van der Waals surface area contributed by atoms with Crippen LogP contribution in [-0.4, -0.2) is 25.0 Å². The molecule has 118 valence electrons. The maximum absolute atomic E-state index is 11.8. The van der Waals surface area contributed by atoms with Gasteiger partial charge in [0.2, 0.25) is 12.7 Å². The van der Waals surface area contributed by atoms with E-state index in [2.05, 4.69) is 17.4 Å². The van der Waals surface area contributed by atoms with E-state index < -0.39 is 0 Å². The summed E-state index contributed by atoms with van der Waals surface area (Å²) in [7, 11) is 0. The maximum atomic E-state index is 11.8. The smallest absolute Gasteiger partial charge is 0.244 e. The predicted molar refractivity (Wildman–Crippen MR) is 91.8 cm³/mol. The molecule has 5 heteroatoms. The zero-order chi connectivity index (χ0) is 15.9. The van der Waals surface area contributed by atoms with Crippen molar-refractivity contribution in [2.45, 2.75) is 4.90 Å². The summed E-state index contributed by atoms with van der Waals surface area (Å²) in [6.07, 6.45) is 3.30. The lowest BCUT2D eigenvalue weighted by molar-refractivity contribution is -0.116. The first-order chi connectivity index (χ1) is 11.3. The van der Waals surface area contributed by atoms with Gasteiger partial charge in [-0.05, 0) is 35.9 Å². The Balaban J connectivity index is 1.42. The van der Waals surface area contributed by atoms with Crippen LogP contribution in [0.2, 0.25) is 0 Å². The quantitative estimate of drug-likeness (QED) is 0.502. The Morgan fingerprint density at radius 1 is 1.13 bits per heavy atom. The van der Waals surface area contributed by atoms with Crippen LogP contribution < -0.4 is 14.8 Å². The van der Waals surface area contributed by atoms with Crippen LogP contribution in [0, 0.1) is 0 Å². The van der Waals surface area contributed by atoms with Gasteiger partial charge in [-0.2, -0.15) is 0 Å². The number of carbonyl (C=O) groups excluding carboxylic acids is 1. The number of nitrogens with one attached hydrogen (secondary N) is 1. The second-order valence-corrected chi connectivity index (χ2v) is 6.07. The van der Waals surface area contributed by atoms with Gasteiger partial charge in [0.05, 0.1) is 0 Å². The number of fused-ring (bicyclic) bond motifs is 1. The highest BCUT2D eigenvalue weighted by molar-refractivity contribution is 7.99. The third kappa shape index (κ3) is 4.53. The fourth-order valence-electron chi connectivity index (χ4n) is 2.11. The molecule has 0 atom stereocenters. The molecule has 0 spiro atoms. The number of carbonyl (C=O) groups is 1. The molecule has 1 aliphatic rings. The highest BCUT2D eigenvalue weighted by atomic mass is 32.2. The standard InChI is InChI=1S/C18H17NO3S/c20-18(19-10-11-23-15-4-2-1-3-5-15)9-7-14-6-8-16-17(12-14)22-13-21-16/h1-9,12H,10-11,13H2,(H,19,20)/b9-7+. The van der Waals surface area contributed by atoms with E-state index in [1.54, 1.807) is 17.8 Å². The van der Waals surface area contributed by atoms with Crippen molar-refractivity contribution in [3.63, 3.8) is 0 Å². The molecule has 0 aliphatic carbocycles. The number of ether oxygens (including phenoxy) is 2. The van der Waals surface area contributed by atoms with Gasteiger partial charge in [-0.3, -0.25) is 4.79 Å². The Kier molecular flexibility index (Phi) is 5.21. The van der Waals surface area contributed by atoms with E-state index >= 15 is 0 Å². The average molecular weight is 327 g/mol. The molecule has 0 bridgehead atoms. The average Bonchev–Trinajstić information content (AvgIpc) is 3.05. The van der Waals surface area contributed by atoms with Crippen molar-refractivity contribution in [3.8, 4) is 11.5 Å². The van der Waals surface area contributed by atoms with Crippen molar-refractivity contribution < 1.29 is 14.3 Å². The predicted octanol–water partition coefficient (Wildman–Crippen LogP) is 3.34. The lowest BCUT2D eigenvalue weighted by Gasteiger charge is -2.02. The Morgan fingerprint density at radius 2 is 1.96 bits per heavy atom. The third-order valence-corrected chi connectivity index (χ3v) is 4.25. The van der Waals surface area contributed by atoms with Crippen LogP contribution in [0.5, 0.6) is 11.5 Å². The summed E-state index contributed by atoms with van der Waals surface area (Å²) < 4.78 is 10.6. The van der Waals surface area contributed by atoms with Crippen LogP contribution >= 0.6 is 11.8 Å². The second-order valence-electron chi connectivity index (χ2n) is 4.90. The third-order valence-electron chi connectivity index (χ3n) is 3.24. The van der Waals surface area contributed by atoms with E-state index in [-0.39, 0.29) is 12.7 Å². The van der Waals surface area contributed by atoms with Crippen LogP contribution in [0.4, 0.5) is 0 Å². The molecule has 1 heterocycles. The SMILES string of the molecule is O=C(/C=C/c1ccc2c(c1)OCO2)NCCSc1ccccc1. The van der Waals surface area contributed by atoms with Gasteiger partial charge >= 0.3 is 0 Å². The molecule has 2 aromatic carbocycles.